The molecule has 0 saturated carbocycles. The third-order valence-corrected chi connectivity index (χ3v) is 6.94. The zero-order chi connectivity index (χ0) is 25.7. The molecule has 1 aliphatic rings. The topological polar surface area (TPSA) is 79.5 Å². The van der Waals surface area contributed by atoms with Crippen molar-refractivity contribution >= 4 is 17.5 Å². The predicted octanol–water partition coefficient (Wildman–Crippen LogP) is 6.60. The largest absolute Gasteiger partial charge is 0.376 e. The minimum Gasteiger partial charge on any atom is -0.376 e. The van der Waals surface area contributed by atoms with Crippen molar-refractivity contribution in [2.75, 3.05) is 31.6 Å². The van der Waals surface area contributed by atoms with Crippen LogP contribution >= 0.6 is 0 Å². The van der Waals surface area contributed by atoms with Crippen LogP contribution in [0.4, 0.5) is 5.69 Å². The Bertz CT molecular complexity index is 702. The molecule has 204 valence electrons. The van der Waals surface area contributed by atoms with E-state index in [1.165, 1.54) is 83.5 Å². The molecule has 2 rings (SSSR count). The molecule has 1 fully saturated rings. The van der Waals surface area contributed by atoms with Crippen molar-refractivity contribution in [3.63, 3.8) is 0 Å². The average molecular weight is 502 g/mol. The normalized spacial score (nSPS) is 15.2. The lowest BCUT2D eigenvalue weighted by Crippen LogP contribution is -2.31. The molecular formula is C30H51N3O3. The molecule has 3 N–H and O–H groups in total. The van der Waals surface area contributed by atoms with Gasteiger partial charge in [0.2, 0.25) is 5.91 Å². The molecule has 1 heterocycles. The lowest BCUT2D eigenvalue weighted by atomic mass is 10.0. The summed E-state index contributed by atoms with van der Waals surface area (Å²) in [6.45, 7) is 4.78. The van der Waals surface area contributed by atoms with Crippen LogP contribution in [0.15, 0.2) is 24.3 Å². The molecule has 1 unspecified atom stereocenters. The van der Waals surface area contributed by atoms with Crippen LogP contribution in [0.1, 0.15) is 120 Å². The highest BCUT2D eigenvalue weighted by molar-refractivity contribution is 5.96. The summed E-state index contributed by atoms with van der Waals surface area (Å²) in [6, 6.07) is 7.02. The molecule has 1 atom stereocenters. The Hall–Kier alpha value is -1.92. The summed E-state index contributed by atoms with van der Waals surface area (Å²) >= 11 is 0. The van der Waals surface area contributed by atoms with E-state index in [9.17, 15) is 9.59 Å². The van der Waals surface area contributed by atoms with Crippen LogP contribution in [0.3, 0.4) is 0 Å². The van der Waals surface area contributed by atoms with Gasteiger partial charge in [-0.25, -0.2) is 0 Å². The van der Waals surface area contributed by atoms with Crippen LogP contribution in [0.2, 0.25) is 0 Å². The van der Waals surface area contributed by atoms with Gasteiger partial charge in [0.1, 0.15) is 0 Å². The lowest BCUT2D eigenvalue weighted by molar-refractivity contribution is -0.115. The van der Waals surface area contributed by atoms with Gasteiger partial charge in [-0.05, 0) is 50.1 Å². The fourth-order valence-electron chi connectivity index (χ4n) is 4.67. The van der Waals surface area contributed by atoms with E-state index in [1.807, 2.05) is 0 Å². The van der Waals surface area contributed by atoms with Gasteiger partial charge >= 0.3 is 0 Å². The van der Waals surface area contributed by atoms with Gasteiger partial charge in [-0.15, -0.1) is 0 Å². The maximum absolute atomic E-state index is 12.2. The third kappa shape index (κ3) is 14.6. The van der Waals surface area contributed by atoms with Gasteiger partial charge in [-0.3, -0.25) is 9.59 Å². The maximum atomic E-state index is 12.2. The molecule has 0 bridgehead atoms. The monoisotopic (exact) mass is 501 g/mol. The highest BCUT2D eigenvalue weighted by atomic mass is 16.5. The quantitative estimate of drug-likeness (QED) is 0.166. The minimum absolute atomic E-state index is 0.0593. The summed E-state index contributed by atoms with van der Waals surface area (Å²) in [7, 11) is 0. The summed E-state index contributed by atoms with van der Waals surface area (Å²) in [5.74, 6) is -0.172. The molecule has 1 aromatic carbocycles. The van der Waals surface area contributed by atoms with Gasteiger partial charge in [0.25, 0.3) is 5.91 Å². The van der Waals surface area contributed by atoms with Crippen molar-refractivity contribution in [1.29, 1.82) is 0 Å². The van der Waals surface area contributed by atoms with E-state index in [-0.39, 0.29) is 17.9 Å². The van der Waals surface area contributed by atoms with Crippen molar-refractivity contribution in [3.8, 4) is 0 Å². The summed E-state index contributed by atoms with van der Waals surface area (Å²) in [4.78, 5) is 24.4. The predicted molar refractivity (Wildman–Crippen MR) is 150 cm³/mol. The number of hydrogen-bond acceptors (Lipinski definition) is 4. The lowest BCUT2D eigenvalue weighted by Gasteiger charge is -2.11. The van der Waals surface area contributed by atoms with Crippen LogP contribution in [0.25, 0.3) is 0 Å². The molecule has 1 aromatic rings. The van der Waals surface area contributed by atoms with Crippen molar-refractivity contribution in [3.05, 3.63) is 29.8 Å². The van der Waals surface area contributed by atoms with Gasteiger partial charge in [-0.2, -0.15) is 0 Å². The highest BCUT2D eigenvalue weighted by Gasteiger charge is 2.16. The molecule has 6 nitrogen and oxygen atoms in total. The number of anilines is 1. The average Bonchev–Trinajstić information content (AvgIpc) is 3.41. The van der Waals surface area contributed by atoms with Crippen LogP contribution in [0, 0.1) is 0 Å². The molecule has 36 heavy (non-hydrogen) atoms. The molecule has 0 spiro atoms. The molecule has 2 amide bonds. The molecule has 1 aliphatic heterocycles. The summed E-state index contributed by atoms with van der Waals surface area (Å²) in [6.07, 6.45) is 21.1. The van der Waals surface area contributed by atoms with Crippen LogP contribution in [0.5, 0.6) is 0 Å². The van der Waals surface area contributed by atoms with Crippen LogP contribution in [-0.2, 0) is 9.53 Å². The number of benzene rings is 1. The number of ether oxygens (including phenoxy) is 1. The first-order valence-corrected chi connectivity index (χ1v) is 14.7. The number of nitrogens with one attached hydrogen (secondary N) is 3. The van der Waals surface area contributed by atoms with E-state index in [2.05, 4.69) is 22.9 Å². The Labute approximate surface area is 219 Å². The highest BCUT2D eigenvalue weighted by Crippen LogP contribution is 2.14. The maximum Gasteiger partial charge on any atom is 0.251 e. The van der Waals surface area contributed by atoms with Gasteiger partial charge in [-0.1, -0.05) is 90.4 Å². The third-order valence-electron chi connectivity index (χ3n) is 6.94. The first kappa shape index (κ1) is 30.3. The first-order chi connectivity index (χ1) is 17.7. The Balaban J connectivity index is 1.39. The Kier molecular flexibility index (Phi) is 17.0. The second-order valence-electron chi connectivity index (χ2n) is 10.2. The van der Waals surface area contributed by atoms with E-state index in [1.54, 1.807) is 24.3 Å². The number of unbranched alkanes of at least 4 members (excludes halogenated alkanes) is 13. The Morgan fingerprint density at radius 2 is 1.42 bits per heavy atom. The molecule has 1 saturated heterocycles. The van der Waals surface area contributed by atoms with Crippen LogP contribution in [-0.4, -0.2) is 44.2 Å². The van der Waals surface area contributed by atoms with E-state index in [0.29, 0.717) is 24.3 Å². The molecule has 0 aliphatic carbocycles. The van der Waals surface area contributed by atoms with Crippen LogP contribution < -0.4 is 16.0 Å². The van der Waals surface area contributed by atoms with Crippen molar-refractivity contribution < 1.29 is 14.3 Å². The number of carbonyl (C=O) groups is 2. The van der Waals surface area contributed by atoms with E-state index < -0.39 is 0 Å². The smallest absolute Gasteiger partial charge is 0.251 e. The number of amides is 2. The fraction of sp³-hybridized carbons (Fsp3) is 0.733. The molecule has 0 aromatic heterocycles. The summed E-state index contributed by atoms with van der Waals surface area (Å²) in [5, 5.41) is 9.03. The SMILES string of the molecule is CCCCCCCCCCCCCCCCNCC(=O)Nc1ccc(C(=O)NCC2CCCO2)cc1. The van der Waals surface area contributed by atoms with Gasteiger partial charge in [0.05, 0.1) is 12.6 Å². The van der Waals surface area contributed by atoms with E-state index in [4.69, 9.17) is 4.74 Å². The fourth-order valence-corrected chi connectivity index (χ4v) is 4.67. The molecular weight excluding hydrogens is 450 g/mol. The summed E-state index contributed by atoms with van der Waals surface area (Å²) in [5.41, 5.74) is 1.29. The minimum atomic E-state index is -0.113. The second-order valence-corrected chi connectivity index (χ2v) is 10.2. The first-order valence-electron chi connectivity index (χ1n) is 14.7. The van der Waals surface area contributed by atoms with Crippen molar-refractivity contribution in [2.45, 2.75) is 116 Å². The number of hydrogen-bond donors (Lipinski definition) is 3. The molecule has 0 radical (unpaired) electrons. The van der Waals surface area contributed by atoms with Crippen molar-refractivity contribution in [1.82, 2.24) is 10.6 Å². The second kappa shape index (κ2) is 20.2. The zero-order valence-corrected chi connectivity index (χ0v) is 22.8. The zero-order valence-electron chi connectivity index (χ0n) is 22.8. The van der Waals surface area contributed by atoms with Gasteiger partial charge in [0, 0.05) is 24.4 Å². The van der Waals surface area contributed by atoms with E-state index >= 15 is 0 Å². The van der Waals surface area contributed by atoms with Gasteiger partial charge in [0.15, 0.2) is 0 Å². The van der Waals surface area contributed by atoms with E-state index in [0.717, 1.165) is 32.4 Å². The van der Waals surface area contributed by atoms with Crippen molar-refractivity contribution in [2.24, 2.45) is 0 Å². The number of carbonyl (C=O) groups excluding carboxylic acids is 2. The van der Waals surface area contributed by atoms with Gasteiger partial charge < -0.3 is 20.7 Å². The number of rotatable bonds is 21. The standard InChI is InChI=1S/C30H51N3O3/c1-2-3-4-5-6-7-8-9-10-11-12-13-14-15-22-31-25-29(34)33-27-20-18-26(19-21-27)30(35)32-24-28-17-16-23-36-28/h18-21,28,31H,2-17,22-25H2,1H3,(H,32,35)(H,33,34). The Morgan fingerprint density at radius 3 is 1.97 bits per heavy atom. The Morgan fingerprint density at radius 1 is 0.833 bits per heavy atom. The summed E-state index contributed by atoms with van der Waals surface area (Å²) < 4.78 is 5.53. The molecule has 6 heteroatoms.